The van der Waals surface area contributed by atoms with Gasteiger partial charge in [0.15, 0.2) is 0 Å². The van der Waals surface area contributed by atoms with E-state index >= 15 is 0 Å². The number of fused-ring (bicyclic) bond motifs is 1. The van der Waals surface area contributed by atoms with Crippen molar-refractivity contribution < 1.29 is 12.8 Å². The van der Waals surface area contributed by atoms with E-state index in [0.717, 1.165) is 5.56 Å². The Morgan fingerprint density at radius 2 is 2.10 bits per heavy atom. The van der Waals surface area contributed by atoms with Crippen LogP contribution < -0.4 is 10.0 Å². The second-order valence-electron chi connectivity index (χ2n) is 4.93. The molecule has 2 heterocycles. The molecule has 2 N–H and O–H groups in total. The zero-order valence-electron chi connectivity index (χ0n) is 11.7. The van der Waals surface area contributed by atoms with Crippen LogP contribution >= 0.6 is 0 Å². The van der Waals surface area contributed by atoms with Gasteiger partial charge in [-0.3, -0.25) is 0 Å². The molecule has 0 spiro atoms. The summed E-state index contributed by atoms with van der Waals surface area (Å²) in [5.41, 5.74) is 2.24. The normalized spacial score (nSPS) is 17.9. The number of hydrogen-bond donors (Lipinski definition) is 2. The molecule has 0 aliphatic carbocycles. The molecule has 3 rings (SSSR count). The van der Waals surface area contributed by atoms with Crippen LogP contribution in [-0.2, 0) is 16.6 Å². The van der Waals surface area contributed by atoms with Gasteiger partial charge in [0, 0.05) is 0 Å². The Kier molecular flexibility index (Phi) is 3.21. The Balaban J connectivity index is 1.98. The summed E-state index contributed by atoms with van der Waals surface area (Å²) in [7, 11) is -3.60. The first-order valence-electron chi connectivity index (χ1n) is 6.43. The summed E-state index contributed by atoms with van der Waals surface area (Å²) in [6, 6.07) is 7.17. The molecule has 0 saturated carbocycles. The number of furan rings is 1. The standard InChI is InChI=1S/C14H15N3O3S/c1-9-6-10(2)13-12(7-9)16-14(17-21(13,18)19)15-8-11-4-3-5-20-11/h3-7H,8H2,1-2H3,(H2,15,16,17). The van der Waals surface area contributed by atoms with Gasteiger partial charge in [0.05, 0.1) is 12.0 Å². The van der Waals surface area contributed by atoms with Crippen LogP contribution in [0, 0.1) is 13.8 Å². The number of rotatable bonds is 2. The molecule has 0 radical (unpaired) electrons. The molecule has 0 amide bonds. The fourth-order valence-corrected chi connectivity index (χ4v) is 3.72. The first-order valence-corrected chi connectivity index (χ1v) is 7.92. The molecule has 0 saturated heterocycles. The lowest BCUT2D eigenvalue weighted by Crippen LogP contribution is -2.41. The Morgan fingerprint density at radius 1 is 1.29 bits per heavy atom. The molecular formula is C14H15N3O3S. The maximum atomic E-state index is 12.3. The fraction of sp³-hybridized carbons (Fsp3) is 0.214. The van der Waals surface area contributed by atoms with Crippen molar-refractivity contribution in [1.82, 2.24) is 4.72 Å². The highest BCUT2D eigenvalue weighted by atomic mass is 32.2. The summed E-state index contributed by atoms with van der Waals surface area (Å²) in [4.78, 5) is 4.47. The van der Waals surface area contributed by atoms with E-state index in [9.17, 15) is 8.42 Å². The highest BCUT2D eigenvalue weighted by molar-refractivity contribution is 7.90. The number of nitrogens with zero attached hydrogens (tertiary/aromatic N) is 1. The number of benzene rings is 1. The quantitative estimate of drug-likeness (QED) is 0.890. The topological polar surface area (TPSA) is 83.7 Å². The Labute approximate surface area is 122 Å². The summed E-state index contributed by atoms with van der Waals surface area (Å²) in [6.07, 6.45) is 1.55. The first-order chi connectivity index (χ1) is 9.95. The summed E-state index contributed by atoms with van der Waals surface area (Å²) >= 11 is 0. The second kappa shape index (κ2) is 4.92. The summed E-state index contributed by atoms with van der Waals surface area (Å²) < 4.78 is 32.3. The van der Waals surface area contributed by atoms with Crippen molar-refractivity contribution in [2.24, 2.45) is 4.99 Å². The van der Waals surface area contributed by atoms with Gasteiger partial charge in [-0.2, -0.15) is 0 Å². The lowest BCUT2D eigenvalue weighted by molar-refractivity contribution is 0.512. The van der Waals surface area contributed by atoms with Gasteiger partial charge in [-0.15, -0.1) is 0 Å². The van der Waals surface area contributed by atoms with Crippen LogP contribution in [-0.4, -0.2) is 14.4 Å². The molecule has 1 aliphatic heterocycles. The van der Waals surface area contributed by atoms with Gasteiger partial charge in [-0.05, 0) is 43.2 Å². The number of aliphatic imine (C=N–C) groups is 1. The maximum Gasteiger partial charge on any atom is 0.266 e. The summed E-state index contributed by atoms with van der Waals surface area (Å²) in [6.45, 7) is 3.96. The predicted octanol–water partition coefficient (Wildman–Crippen LogP) is 2.16. The summed E-state index contributed by atoms with van der Waals surface area (Å²) in [5.74, 6) is 0.860. The molecule has 0 unspecified atom stereocenters. The van der Waals surface area contributed by atoms with Crippen molar-refractivity contribution in [3.8, 4) is 0 Å². The molecule has 0 atom stereocenters. The van der Waals surface area contributed by atoms with Crippen molar-refractivity contribution in [1.29, 1.82) is 0 Å². The highest BCUT2D eigenvalue weighted by Crippen LogP contribution is 2.29. The van der Waals surface area contributed by atoms with E-state index in [-0.39, 0.29) is 17.4 Å². The molecule has 7 heteroatoms. The zero-order valence-corrected chi connectivity index (χ0v) is 12.5. The first kappa shape index (κ1) is 13.7. The minimum atomic E-state index is -3.60. The SMILES string of the molecule is Cc1cc(C)c2c(c1)NC(=NCc1ccco1)NS2(=O)=O. The maximum absolute atomic E-state index is 12.3. The van der Waals surface area contributed by atoms with Crippen LogP contribution in [0.15, 0.2) is 44.8 Å². The van der Waals surface area contributed by atoms with Gasteiger partial charge in [-0.25, -0.2) is 18.1 Å². The van der Waals surface area contributed by atoms with Crippen molar-refractivity contribution in [3.63, 3.8) is 0 Å². The Morgan fingerprint density at radius 3 is 2.81 bits per heavy atom. The smallest absolute Gasteiger partial charge is 0.266 e. The van der Waals surface area contributed by atoms with E-state index in [1.54, 1.807) is 31.4 Å². The Bertz CT molecular complexity index is 808. The molecular weight excluding hydrogens is 290 g/mol. The van der Waals surface area contributed by atoms with E-state index < -0.39 is 10.0 Å². The van der Waals surface area contributed by atoms with E-state index in [2.05, 4.69) is 15.0 Å². The van der Waals surface area contributed by atoms with Crippen LogP contribution in [0.5, 0.6) is 0 Å². The monoisotopic (exact) mass is 305 g/mol. The average molecular weight is 305 g/mol. The predicted molar refractivity (Wildman–Crippen MR) is 79.7 cm³/mol. The molecule has 2 aromatic rings. The van der Waals surface area contributed by atoms with E-state index in [1.807, 2.05) is 13.0 Å². The minimum absolute atomic E-state index is 0.198. The van der Waals surface area contributed by atoms with Crippen LogP contribution in [0.2, 0.25) is 0 Å². The van der Waals surface area contributed by atoms with E-state index in [4.69, 9.17) is 4.42 Å². The molecule has 0 bridgehead atoms. The number of anilines is 1. The van der Waals surface area contributed by atoms with Gasteiger partial charge >= 0.3 is 0 Å². The minimum Gasteiger partial charge on any atom is -0.467 e. The molecule has 110 valence electrons. The number of aryl methyl sites for hydroxylation is 2. The third-order valence-corrected chi connectivity index (χ3v) is 4.69. The average Bonchev–Trinajstić information content (AvgIpc) is 2.86. The molecule has 21 heavy (non-hydrogen) atoms. The largest absolute Gasteiger partial charge is 0.467 e. The van der Waals surface area contributed by atoms with Crippen LogP contribution in [0.1, 0.15) is 16.9 Å². The zero-order chi connectivity index (χ0) is 15.0. The van der Waals surface area contributed by atoms with Crippen LogP contribution in [0.4, 0.5) is 5.69 Å². The molecule has 6 nitrogen and oxygen atoms in total. The molecule has 1 aromatic carbocycles. The van der Waals surface area contributed by atoms with Crippen LogP contribution in [0.3, 0.4) is 0 Å². The van der Waals surface area contributed by atoms with Gasteiger partial charge in [0.1, 0.15) is 17.2 Å². The van der Waals surface area contributed by atoms with E-state index in [0.29, 0.717) is 17.0 Å². The highest BCUT2D eigenvalue weighted by Gasteiger charge is 2.28. The van der Waals surface area contributed by atoms with Crippen molar-refractivity contribution in [2.45, 2.75) is 25.3 Å². The van der Waals surface area contributed by atoms with Gasteiger partial charge in [-0.1, -0.05) is 6.07 Å². The van der Waals surface area contributed by atoms with Gasteiger partial charge < -0.3 is 9.73 Å². The fourth-order valence-electron chi connectivity index (χ4n) is 2.37. The number of nitrogens with one attached hydrogen (secondary N) is 2. The molecule has 1 aromatic heterocycles. The Hall–Kier alpha value is -2.28. The van der Waals surface area contributed by atoms with E-state index in [1.165, 1.54) is 0 Å². The van der Waals surface area contributed by atoms with Crippen molar-refractivity contribution in [2.75, 3.05) is 5.32 Å². The number of guanidine groups is 1. The molecule has 1 aliphatic rings. The van der Waals surface area contributed by atoms with Crippen LogP contribution in [0.25, 0.3) is 0 Å². The third kappa shape index (κ3) is 2.64. The van der Waals surface area contributed by atoms with Gasteiger partial charge in [0.2, 0.25) is 5.96 Å². The van der Waals surface area contributed by atoms with Crippen molar-refractivity contribution in [3.05, 3.63) is 47.4 Å². The van der Waals surface area contributed by atoms with Gasteiger partial charge in [0.25, 0.3) is 10.0 Å². The lowest BCUT2D eigenvalue weighted by atomic mass is 10.1. The number of sulfonamides is 1. The second-order valence-corrected chi connectivity index (χ2v) is 6.55. The number of hydrogen-bond acceptors (Lipinski definition) is 4. The molecule has 0 fully saturated rings. The summed E-state index contributed by atoms with van der Waals surface area (Å²) in [5, 5.41) is 3.01. The van der Waals surface area contributed by atoms with Crippen molar-refractivity contribution >= 4 is 21.7 Å². The third-order valence-electron chi connectivity index (χ3n) is 3.14. The lowest BCUT2D eigenvalue weighted by Gasteiger charge is -2.23.